The van der Waals surface area contributed by atoms with Crippen molar-refractivity contribution in [3.05, 3.63) is 73.9 Å². The van der Waals surface area contributed by atoms with Gasteiger partial charge in [0.25, 0.3) is 0 Å². The Morgan fingerprint density at radius 1 is 1.05 bits per heavy atom. The maximum Gasteiger partial charge on any atom is 0.407 e. The topological polar surface area (TPSA) is 29.5 Å². The molecule has 1 spiro atoms. The minimum atomic E-state index is -4.72. The highest BCUT2D eigenvalue weighted by atomic mass is 35.5. The van der Waals surface area contributed by atoms with Crippen LogP contribution in [0.3, 0.4) is 0 Å². The van der Waals surface area contributed by atoms with E-state index in [1.54, 1.807) is 18.2 Å². The Balaban J connectivity index is 1.37. The van der Waals surface area contributed by atoms with Gasteiger partial charge in [0.1, 0.15) is 16.8 Å². The molecule has 3 nitrogen and oxygen atoms in total. The Labute approximate surface area is 220 Å². The van der Waals surface area contributed by atoms with E-state index in [-0.39, 0.29) is 25.3 Å². The van der Waals surface area contributed by atoms with Crippen molar-refractivity contribution in [3.63, 3.8) is 0 Å². The molecule has 1 fully saturated rings. The van der Waals surface area contributed by atoms with Crippen LogP contribution in [0.25, 0.3) is 5.57 Å². The third-order valence-corrected chi connectivity index (χ3v) is 8.78. The number of carbonyl (C=O) groups is 1. The quantitative estimate of drug-likeness (QED) is 0.274. The summed E-state index contributed by atoms with van der Waals surface area (Å²) in [6.07, 6.45) is -11.3. The summed E-state index contributed by atoms with van der Waals surface area (Å²) in [7, 11) is 0. The summed E-state index contributed by atoms with van der Waals surface area (Å²) in [5, 5.41) is 0.374. The lowest BCUT2D eigenvalue weighted by molar-refractivity contribution is -0.185. The average molecular weight is 586 g/mol. The number of hydrogen-bond donors (Lipinski definition) is 0. The number of amides is 1. The van der Waals surface area contributed by atoms with E-state index in [0.29, 0.717) is 34.0 Å². The summed E-state index contributed by atoms with van der Waals surface area (Å²) in [5.74, 6) is -2.03. The molecule has 1 unspecified atom stereocenters. The van der Waals surface area contributed by atoms with E-state index in [1.165, 1.54) is 5.41 Å². The molecule has 2 aromatic carbocycles. The lowest BCUT2D eigenvalue weighted by Crippen LogP contribution is -2.61. The van der Waals surface area contributed by atoms with Gasteiger partial charge in [-0.15, -0.1) is 11.8 Å². The molecule has 3 heterocycles. The van der Waals surface area contributed by atoms with Crippen molar-refractivity contribution in [1.82, 2.24) is 4.90 Å². The van der Waals surface area contributed by atoms with E-state index < -0.39 is 57.3 Å². The van der Waals surface area contributed by atoms with Crippen molar-refractivity contribution in [3.8, 4) is 0 Å². The smallest absolute Gasteiger partial charge is 0.362 e. The number of rotatable bonds is 3. The zero-order valence-corrected chi connectivity index (χ0v) is 20.9. The lowest BCUT2D eigenvalue weighted by Gasteiger charge is -2.47. The van der Waals surface area contributed by atoms with Crippen LogP contribution in [0.5, 0.6) is 0 Å². The first-order valence-corrected chi connectivity index (χ1v) is 12.5. The number of hydrogen-bond acceptors (Lipinski definition) is 3. The van der Waals surface area contributed by atoms with E-state index in [2.05, 4.69) is 0 Å². The van der Waals surface area contributed by atoms with Crippen molar-refractivity contribution in [2.24, 2.45) is 0 Å². The van der Waals surface area contributed by atoms with Gasteiger partial charge in [0.05, 0.1) is 29.7 Å². The van der Waals surface area contributed by atoms with E-state index >= 15 is 0 Å². The largest absolute Gasteiger partial charge is 0.407 e. The standard InChI is InChI=1S/C24H16Cl2F7NO2S/c25-17-4-15(5-18(26)20(17)27)22(24(31,32)33)6-14(9-37-22)12-1-2-16-13(3-12)8-36-21(16)10-34(11-21)19(35)7-23(28,29)30/h1-5,9H,6-8,10-11H2. The molecule has 0 N–H and O–H groups in total. The number of halogens is 9. The molecule has 0 saturated carbocycles. The Bertz CT molecular complexity index is 1300. The first kappa shape index (κ1) is 26.6. The number of thioether (sulfide) groups is 1. The number of benzene rings is 2. The molecule has 1 saturated heterocycles. The highest BCUT2D eigenvalue weighted by molar-refractivity contribution is 8.03. The number of ether oxygens (including phenoxy) is 1. The number of nitrogens with zero attached hydrogens (tertiary/aromatic N) is 1. The highest BCUT2D eigenvalue weighted by Gasteiger charge is 2.59. The van der Waals surface area contributed by atoms with Gasteiger partial charge in [-0.2, -0.15) is 26.3 Å². The van der Waals surface area contributed by atoms with Crippen LogP contribution in [-0.2, 0) is 26.5 Å². The number of fused-ring (bicyclic) bond motifs is 2. The third-order valence-electron chi connectivity index (χ3n) is 6.82. The number of alkyl halides is 6. The van der Waals surface area contributed by atoms with Gasteiger partial charge in [0.15, 0.2) is 5.82 Å². The van der Waals surface area contributed by atoms with E-state index in [1.807, 2.05) is 0 Å². The zero-order valence-electron chi connectivity index (χ0n) is 18.6. The molecule has 37 heavy (non-hydrogen) atoms. The molecule has 5 rings (SSSR count). The molecular formula is C24H16Cl2F7NO2S. The molecule has 0 bridgehead atoms. The fourth-order valence-electron chi connectivity index (χ4n) is 4.93. The van der Waals surface area contributed by atoms with Gasteiger partial charge < -0.3 is 9.64 Å². The van der Waals surface area contributed by atoms with E-state index in [0.717, 1.165) is 17.0 Å². The Hall–Kier alpha value is -1.95. The molecule has 1 amide bonds. The summed E-state index contributed by atoms with van der Waals surface area (Å²) < 4.78 is 98.0. The Morgan fingerprint density at radius 3 is 2.30 bits per heavy atom. The maximum atomic E-state index is 14.4. The molecule has 2 aromatic rings. The fourth-order valence-corrected chi connectivity index (χ4v) is 6.60. The fraction of sp³-hybridized carbons (Fsp3) is 0.375. The maximum absolute atomic E-state index is 14.4. The van der Waals surface area contributed by atoms with Crippen LogP contribution in [0, 0.1) is 5.82 Å². The minimum Gasteiger partial charge on any atom is -0.362 e. The highest BCUT2D eigenvalue weighted by Crippen LogP contribution is 2.60. The van der Waals surface area contributed by atoms with Crippen molar-refractivity contribution in [1.29, 1.82) is 0 Å². The second-order valence-corrected chi connectivity index (χ2v) is 11.2. The molecule has 3 aliphatic heterocycles. The molecule has 198 valence electrons. The van der Waals surface area contributed by atoms with Crippen LogP contribution in [0.4, 0.5) is 30.7 Å². The monoisotopic (exact) mass is 585 g/mol. The average Bonchev–Trinajstić information content (AvgIpc) is 3.37. The van der Waals surface area contributed by atoms with Crippen LogP contribution in [0.2, 0.25) is 10.0 Å². The minimum absolute atomic E-state index is 0.0317. The molecule has 0 aromatic heterocycles. The third kappa shape index (κ3) is 4.51. The van der Waals surface area contributed by atoms with Gasteiger partial charge in [-0.3, -0.25) is 4.79 Å². The van der Waals surface area contributed by atoms with Crippen LogP contribution >= 0.6 is 35.0 Å². The number of allylic oxidation sites excluding steroid dienone is 1. The predicted molar refractivity (Wildman–Crippen MR) is 124 cm³/mol. The molecular weight excluding hydrogens is 570 g/mol. The normalized spacial score (nSPS) is 22.7. The van der Waals surface area contributed by atoms with Gasteiger partial charge in [-0.05, 0) is 51.4 Å². The van der Waals surface area contributed by atoms with Crippen LogP contribution in [-0.4, -0.2) is 36.2 Å². The van der Waals surface area contributed by atoms with Crippen molar-refractivity contribution in [2.75, 3.05) is 13.1 Å². The molecule has 3 aliphatic rings. The molecule has 0 aliphatic carbocycles. The lowest BCUT2D eigenvalue weighted by atomic mass is 9.83. The molecule has 1 atom stereocenters. The number of carbonyl (C=O) groups excluding carboxylic acids is 1. The van der Waals surface area contributed by atoms with Gasteiger partial charge in [-0.25, -0.2) is 4.39 Å². The van der Waals surface area contributed by atoms with Crippen LogP contribution in [0.15, 0.2) is 35.7 Å². The van der Waals surface area contributed by atoms with Crippen LogP contribution in [0.1, 0.15) is 35.1 Å². The van der Waals surface area contributed by atoms with Gasteiger partial charge >= 0.3 is 12.4 Å². The van der Waals surface area contributed by atoms with E-state index in [4.69, 9.17) is 27.9 Å². The van der Waals surface area contributed by atoms with Gasteiger partial charge in [0, 0.05) is 6.42 Å². The first-order chi connectivity index (χ1) is 17.1. The second-order valence-electron chi connectivity index (χ2n) is 9.21. The van der Waals surface area contributed by atoms with Crippen molar-refractivity contribution < 1.29 is 40.3 Å². The Kier molecular flexibility index (Phi) is 6.33. The van der Waals surface area contributed by atoms with Crippen molar-refractivity contribution >= 4 is 46.4 Å². The summed E-state index contributed by atoms with van der Waals surface area (Å²) in [6.45, 7) is 0.0463. The Morgan fingerprint density at radius 2 is 1.70 bits per heavy atom. The zero-order chi connectivity index (χ0) is 27.0. The van der Waals surface area contributed by atoms with Gasteiger partial charge in [-0.1, -0.05) is 35.3 Å². The first-order valence-electron chi connectivity index (χ1n) is 10.8. The predicted octanol–water partition coefficient (Wildman–Crippen LogP) is 7.59. The SMILES string of the molecule is O=C(CC(F)(F)F)N1CC2(C1)OCc1cc(C3=CSC(c4cc(Cl)c(F)c(Cl)c4)(C(F)(F)F)C3)ccc12. The van der Waals surface area contributed by atoms with Crippen molar-refractivity contribution in [2.45, 2.75) is 42.1 Å². The summed E-state index contributed by atoms with van der Waals surface area (Å²) in [5.41, 5.74) is 1.08. The molecule has 0 radical (unpaired) electrons. The number of likely N-dealkylation sites (tertiary alicyclic amines) is 1. The summed E-state index contributed by atoms with van der Waals surface area (Å²) in [6, 6.07) is 6.85. The van der Waals surface area contributed by atoms with Gasteiger partial charge in [0.2, 0.25) is 5.91 Å². The summed E-state index contributed by atoms with van der Waals surface area (Å²) in [4.78, 5) is 12.9. The summed E-state index contributed by atoms with van der Waals surface area (Å²) >= 11 is 12.1. The molecule has 13 heteroatoms. The second kappa shape index (κ2) is 8.79. The van der Waals surface area contributed by atoms with Crippen LogP contribution < -0.4 is 0 Å². The van der Waals surface area contributed by atoms with E-state index in [9.17, 15) is 35.5 Å².